The van der Waals surface area contributed by atoms with Gasteiger partial charge in [0.15, 0.2) is 0 Å². The number of urea groups is 1. The smallest absolute Gasteiger partial charge is 0.319 e. The maximum Gasteiger partial charge on any atom is 0.319 e. The van der Waals surface area contributed by atoms with Crippen molar-refractivity contribution < 1.29 is 18.7 Å². The molecule has 5 rings (SSSR count). The summed E-state index contributed by atoms with van der Waals surface area (Å²) < 4.78 is 19.1. The quantitative estimate of drug-likeness (QED) is 0.604. The molecule has 3 amide bonds. The average molecular weight is 443 g/mol. The van der Waals surface area contributed by atoms with E-state index in [0.29, 0.717) is 36.7 Å². The van der Waals surface area contributed by atoms with E-state index in [0.717, 1.165) is 16.7 Å². The van der Waals surface area contributed by atoms with Gasteiger partial charge in [0, 0.05) is 6.54 Å². The van der Waals surface area contributed by atoms with Gasteiger partial charge in [-0.05, 0) is 41.0 Å². The van der Waals surface area contributed by atoms with E-state index in [1.165, 1.54) is 12.1 Å². The molecule has 1 unspecified atom stereocenters. The van der Waals surface area contributed by atoms with Gasteiger partial charge in [0.2, 0.25) is 0 Å². The lowest BCUT2D eigenvalue weighted by atomic mass is 9.96. The molecule has 166 valence electrons. The highest BCUT2D eigenvalue weighted by atomic mass is 19.1. The van der Waals surface area contributed by atoms with Gasteiger partial charge >= 0.3 is 6.03 Å². The van der Waals surface area contributed by atoms with Crippen LogP contribution in [0.3, 0.4) is 0 Å². The maximum atomic E-state index is 13.2. The number of ether oxygens (including phenoxy) is 1. The van der Waals surface area contributed by atoms with Crippen molar-refractivity contribution in [2.24, 2.45) is 0 Å². The summed E-state index contributed by atoms with van der Waals surface area (Å²) in [6.07, 6.45) is 0. The van der Waals surface area contributed by atoms with E-state index in [-0.39, 0.29) is 17.8 Å². The van der Waals surface area contributed by atoms with E-state index in [1.807, 2.05) is 54.6 Å². The number of hydrogen-bond donors (Lipinski definition) is 2. The zero-order chi connectivity index (χ0) is 22.8. The first kappa shape index (κ1) is 20.8. The Morgan fingerprint density at radius 2 is 1.64 bits per heavy atom. The average Bonchev–Trinajstić information content (AvgIpc) is 3.14. The normalized spacial score (nSPS) is 17.5. The van der Waals surface area contributed by atoms with Gasteiger partial charge in [0.25, 0.3) is 5.91 Å². The number of rotatable bonds is 6. The third-order valence-corrected chi connectivity index (χ3v) is 5.77. The summed E-state index contributed by atoms with van der Waals surface area (Å²) in [5.41, 5.74) is 3.80. The zero-order valence-corrected chi connectivity index (χ0v) is 17.8. The summed E-state index contributed by atoms with van der Waals surface area (Å²) >= 11 is 0. The van der Waals surface area contributed by atoms with Crippen molar-refractivity contribution in [2.45, 2.75) is 19.2 Å². The first-order chi connectivity index (χ1) is 16.1. The molecule has 3 aromatic rings. The highest BCUT2D eigenvalue weighted by Crippen LogP contribution is 2.33. The van der Waals surface area contributed by atoms with E-state index >= 15 is 0 Å². The number of halogens is 1. The van der Waals surface area contributed by atoms with Crippen LogP contribution >= 0.6 is 0 Å². The molecule has 0 saturated carbocycles. The van der Waals surface area contributed by atoms with Gasteiger partial charge in [0.1, 0.15) is 18.2 Å². The summed E-state index contributed by atoms with van der Waals surface area (Å²) in [4.78, 5) is 27.1. The summed E-state index contributed by atoms with van der Waals surface area (Å²) in [7, 11) is 0. The van der Waals surface area contributed by atoms with Crippen LogP contribution in [0, 0.1) is 5.82 Å². The molecule has 1 atom stereocenters. The molecule has 0 radical (unpaired) electrons. The fraction of sp³-hybridized carbons (Fsp3) is 0.154. The highest BCUT2D eigenvalue weighted by molar-refractivity contribution is 6.01. The van der Waals surface area contributed by atoms with E-state index in [1.54, 1.807) is 17.0 Å². The Hall–Kier alpha value is -4.13. The molecule has 0 spiro atoms. The van der Waals surface area contributed by atoms with Crippen molar-refractivity contribution in [2.75, 3.05) is 6.54 Å². The van der Waals surface area contributed by atoms with Crippen LogP contribution in [0.1, 0.15) is 22.7 Å². The van der Waals surface area contributed by atoms with E-state index in [9.17, 15) is 14.0 Å². The van der Waals surface area contributed by atoms with Crippen molar-refractivity contribution in [3.05, 3.63) is 113 Å². The third-order valence-electron chi connectivity index (χ3n) is 5.77. The summed E-state index contributed by atoms with van der Waals surface area (Å²) in [5.74, 6) is 0.223. The molecule has 3 aromatic carbocycles. The van der Waals surface area contributed by atoms with E-state index in [2.05, 4.69) is 10.6 Å². The highest BCUT2D eigenvalue weighted by Gasteiger charge is 2.40. The maximum absolute atomic E-state index is 13.2. The lowest BCUT2D eigenvalue weighted by Gasteiger charge is -2.25. The second-order valence-electron chi connectivity index (χ2n) is 8.05. The Kier molecular flexibility index (Phi) is 5.52. The van der Waals surface area contributed by atoms with Crippen LogP contribution in [0.15, 0.2) is 90.1 Å². The molecule has 2 aliphatic rings. The number of amides is 3. The molecule has 2 aliphatic heterocycles. The van der Waals surface area contributed by atoms with Gasteiger partial charge in [0.05, 0.1) is 23.9 Å². The minimum absolute atomic E-state index is 0.156. The van der Waals surface area contributed by atoms with Crippen LogP contribution in [0.5, 0.6) is 5.75 Å². The molecule has 7 heteroatoms. The largest absolute Gasteiger partial charge is 0.489 e. The molecule has 0 aliphatic carbocycles. The van der Waals surface area contributed by atoms with E-state index < -0.39 is 6.04 Å². The first-order valence-electron chi connectivity index (χ1n) is 10.7. The minimum atomic E-state index is -0.553. The second kappa shape index (κ2) is 8.78. The zero-order valence-electron chi connectivity index (χ0n) is 17.8. The molecular weight excluding hydrogens is 421 g/mol. The number of hydrogen-bond acceptors (Lipinski definition) is 3. The minimum Gasteiger partial charge on any atom is -0.489 e. The van der Waals surface area contributed by atoms with Crippen molar-refractivity contribution in [3.8, 4) is 5.75 Å². The number of carbonyl (C=O) groups is 2. The molecule has 0 bridgehead atoms. The van der Waals surface area contributed by atoms with Crippen molar-refractivity contribution in [3.63, 3.8) is 0 Å². The van der Waals surface area contributed by atoms with Crippen LogP contribution < -0.4 is 15.4 Å². The van der Waals surface area contributed by atoms with Crippen LogP contribution in [0.2, 0.25) is 0 Å². The Morgan fingerprint density at radius 3 is 2.36 bits per heavy atom. The number of nitrogens with one attached hydrogen (secondary N) is 2. The molecule has 2 heterocycles. The SMILES string of the molecule is O=C1NC2=C(C(=O)N(Cc3ccc(F)cc3)C2)C(c2ccc(OCc3ccccc3)cc2)N1. The Balaban J connectivity index is 1.31. The number of benzene rings is 3. The first-order valence-corrected chi connectivity index (χ1v) is 10.7. The lowest BCUT2D eigenvalue weighted by molar-refractivity contribution is -0.126. The standard InChI is InChI=1S/C26H22FN3O3/c27-20-10-6-17(7-11-20)14-30-15-22-23(25(30)31)24(29-26(32)28-22)19-8-12-21(13-9-19)33-16-18-4-2-1-3-5-18/h1-13,24H,14-16H2,(H2,28,29,32). The van der Waals surface area contributed by atoms with Gasteiger partial charge in [-0.2, -0.15) is 0 Å². The van der Waals surface area contributed by atoms with Gasteiger partial charge < -0.3 is 20.3 Å². The van der Waals surface area contributed by atoms with Crippen LogP contribution in [-0.2, 0) is 17.9 Å². The van der Waals surface area contributed by atoms with Gasteiger partial charge in [-0.15, -0.1) is 0 Å². The molecule has 0 aromatic heterocycles. The second-order valence-corrected chi connectivity index (χ2v) is 8.05. The predicted molar refractivity (Wildman–Crippen MR) is 120 cm³/mol. The van der Waals surface area contributed by atoms with Crippen LogP contribution in [0.25, 0.3) is 0 Å². The van der Waals surface area contributed by atoms with Gasteiger partial charge in [-0.1, -0.05) is 54.6 Å². The fourth-order valence-electron chi connectivity index (χ4n) is 4.11. The predicted octanol–water partition coefficient (Wildman–Crippen LogP) is 4.06. The Bertz CT molecular complexity index is 1210. The molecule has 0 saturated heterocycles. The van der Waals surface area contributed by atoms with Crippen molar-refractivity contribution in [1.82, 2.24) is 15.5 Å². The van der Waals surface area contributed by atoms with Crippen molar-refractivity contribution >= 4 is 11.9 Å². The van der Waals surface area contributed by atoms with E-state index in [4.69, 9.17) is 4.74 Å². The summed E-state index contributed by atoms with van der Waals surface area (Å²) in [5, 5.41) is 5.62. The van der Waals surface area contributed by atoms with Crippen LogP contribution in [-0.4, -0.2) is 23.4 Å². The summed E-state index contributed by atoms with van der Waals surface area (Å²) in [6, 6.07) is 22.4. The fourth-order valence-corrected chi connectivity index (χ4v) is 4.11. The lowest BCUT2D eigenvalue weighted by Crippen LogP contribution is -2.44. The monoisotopic (exact) mass is 443 g/mol. The Labute approximate surface area is 190 Å². The Morgan fingerprint density at radius 1 is 0.909 bits per heavy atom. The number of carbonyl (C=O) groups excluding carboxylic acids is 2. The van der Waals surface area contributed by atoms with Crippen molar-refractivity contribution in [1.29, 1.82) is 0 Å². The van der Waals surface area contributed by atoms with Gasteiger partial charge in [-0.25, -0.2) is 9.18 Å². The molecular formula is C26H22FN3O3. The molecule has 0 fully saturated rings. The summed E-state index contributed by atoms with van der Waals surface area (Å²) in [6.45, 7) is 1.09. The molecule has 33 heavy (non-hydrogen) atoms. The van der Waals surface area contributed by atoms with Gasteiger partial charge in [-0.3, -0.25) is 4.79 Å². The third kappa shape index (κ3) is 4.43. The topological polar surface area (TPSA) is 70.7 Å². The molecule has 2 N–H and O–H groups in total. The number of nitrogens with zero attached hydrogens (tertiary/aromatic N) is 1. The van der Waals surface area contributed by atoms with Crippen LogP contribution in [0.4, 0.5) is 9.18 Å². The molecule has 6 nitrogen and oxygen atoms in total.